The van der Waals surface area contributed by atoms with E-state index >= 15 is 0 Å². The van der Waals surface area contributed by atoms with Crippen molar-refractivity contribution in [1.29, 1.82) is 5.26 Å². The Kier molecular flexibility index (Phi) is 5.91. The lowest BCUT2D eigenvalue weighted by molar-refractivity contribution is 0.381. The quantitative estimate of drug-likeness (QED) is 0.458. The third-order valence-electron chi connectivity index (χ3n) is 1.71. The van der Waals surface area contributed by atoms with E-state index in [-0.39, 0.29) is 5.82 Å². The number of hydrogen-bond acceptors (Lipinski definition) is 3. The van der Waals surface area contributed by atoms with E-state index < -0.39 is 7.12 Å². The van der Waals surface area contributed by atoms with Crippen LogP contribution in [0.25, 0.3) is 0 Å². The van der Waals surface area contributed by atoms with E-state index in [1.54, 1.807) is 6.92 Å². The molecule has 0 fully saturated rings. The molecular weight excluding hydrogens is 141 g/mol. The average Bonchev–Trinajstić information content (AvgIpc) is 1.97. The maximum atomic E-state index is 8.67. The van der Waals surface area contributed by atoms with E-state index in [9.17, 15) is 0 Å². The first-order valence-corrected chi connectivity index (χ1v) is 3.91. The van der Waals surface area contributed by atoms with Crippen LogP contribution in [0.15, 0.2) is 0 Å². The zero-order valence-corrected chi connectivity index (χ0v) is 6.82. The normalized spacial score (nSPS) is 12.2. The molecule has 4 heteroatoms. The van der Waals surface area contributed by atoms with Crippen molar-refractivity contribution in [1.82, 2.24) is 0 Å². The number of hydrogen-bond donors (Lipinski definition) is 2. The second-order valence-corrected chi connectivity index (χ2v) is 2.79. The molecule has 0 heterocycles. The van der Waals surface area contributed by atoms with Crippen molar-refractivity contribution in [2.24, 2.45) is 0 Å². The predicted octanol–water partition coefficient (Wildman–Crippen LogP) is 0.933. The fourth-order valence-electron chi connectivity index (χ4n) is 0.819. The molecule has 11 heavy (non-hydrogen) atoms. The zero-order chi connectivity index (χ0) is 8.69. The highest BCUT2D eigenvalue weighted by molar-refractivity contribution is 6.42. The van der Waals surface area contributed by atoms with Crippen molar-refractivity contribution < 1.29 is 10.0 Å². The highest BCUT2D eigenvalue weighted by Crippen LogP contribution is 2.15. The van der Waals surface area contributed by atoms with Gasteiger partial charge in [-0.05, 0) is 12.2 Å². The van der Waals surface area contributed by atoms with Crippen molar-refractivity contribution in [2.45, 2.75) is 38.4 Å². The molecule has 0 aromatic heterocycles. The van der Waals surface area contributed by atoms with Gasteiger partial charge in [-0.1, -0.05) is 19.8 Å². The van der Waals surface area contributed by atoms with Gasteiger partial charge in [-0.3, -0.25) is 0 Å². The van der Waals surface area contributed by atoms with Gasteiger partial charge in [0, 0.05) is 6.42 Å². The lowest BCUT2D eigenvalue weighted by Crippen LogP contribution is -2.17. The van der Waals surface area contributed by atoms with Crippen molar-refractivity contribution >= 4 is 7.12 Å². The first kappa shape index (κ1) is 10.5. The van der Waals surface area contributed by atoms with Gasteiger partial charge in [0.2, 0.25) is 0 Å². The van der Waals surface area contributed by atoms with Gasteiger partial charge in [-0.2, -0.15) is 5.26 Å². The summed E-state index contributed by atoms with van der Waals surface area (Å²) in [6, 6.07) is 2.05. The summed E-state index contributed by atoms with van der Waals surface area (Å²) in [5, 5.41) is 25.5. The topological polar surface area (TPSA) is 64.2 Å². The Balaban J connectivity index is 3.19. The fourth-order valence-corrected chi connectivity index (χ4v) is 0.819. The third-order valence-corrected chi connectivity index (χ3v) is 1.71. The Bertz CT molecular complexity index is 133. The molecular formula is C7H14BNO2. The summed E-state index contributed by atoms with van der Waals surface area (Å²) in [4.78, 5) is 0. The van der Waals surface area contributed by atoms with Crippen LogP contribution in [0.3, 0.4) is 0 Å². The summed E-state index contributed by atoms with van der Waals surface area (Å²) in [5.41, 5.74) is 0. The minimum atomic E-state index is -1.21. The molecule has 0 saturated heterocycles. The van der Waals surface area contributed by atoms with Crippen molar-refractivity contribution in [3.63, 3.8) is 0 Å². The Labute approximate surface area is 67.8 Å². The molecule has 0 aliphatic carbocycles. The molecule has 1 atom stereocenters. The maximum Gasteiger partial charge on any atom is 0.454 e. The Hall–Kier alpha value is -0.525. The van der Waals surface area contributed by atoms with Crippen LogP contribution in [0, 0.1) is 11.3 Å². The van der Waals surface area contributed by atoms with Crippen LogP contribution in [-0.4, -0.2) is 17.2 Å². The Morgan fingerprint density at radius 2 is 2.09 bits per heavy atom. The Morgan fingerprint density at radius 1 is 1.45 bits per heavy atom. The molecule has 0 aromatic carbocycles. The van der Waals surface area contributed by atoms with Gasteiger partial charge in [0.1, 0.15) is 0 Å². The van der Waals surface area contributed by atoms with Crippen LogP contribution in [0.2, 0.25) is 5.82 Å². The molecule has 62 valence electrons. The molecule has 3 nitrogen and oxygen atoms in total. The van der Waals surface area contributed by atoms with Gasteiger partial charge in [-0.15, -0.1) is 0 Å². The lowest BCUT2D eigenvalue weighted by atomic mass is 9.71. The molecule has 0 radical (unpaired) electrons. The van der Waals surface area contributed by atoms with Crippen LogP contribution < -0.4 is 0 Å². The van der Waals surface area contributed by atoms with Crippen molar-refractivity contribution in [2.75, 3.05) is 0 Å². The highest BCUT2D eigenvalue weighted by Gasteiger charge is 2.16. The van der Waals surface area contributed by atoms with Gasteiger partial charge in [-0.25, -0.2) is 0 Å². The number of unbranched alkanes of at least 4 members (excludes halogenated alkanes) is 2. The molecule has 0 rings (SSSR count). The standard InChI is InChI=1S/C7H14BNO2/c1-7(8(10)11)5-3-2-4-6-9/h7,10-11H,2-5H2,1H3. The van der Waals surface area contributed by atoms with Crippen LogP contribution in [0.5, 0.6) is 0 Å². The minimum Gasteiger partial charge on any atom is -0.427 e. The second kappa shape index (κ2) is 6.20. The summed E-state index contributed by atoms with van der Waals surface area (Å²) in [6.45, 7) is 1.79. The second-order valence-electron chi connectivity index (χ2n) is 2.79. The van der Waals surface area contributed by atoms with Crippen LogP contribution in [-0.2, 0) is 0 Å². The van der Waals surface area contributed by atoms with Crippen LogP contribution >= 0.6 is 0 Å². The SMILES string of the molecule is CC(CCCCC#N)B(O)O. The van der Waals surface area contributed by atoms with E-state index in [4.69, 9.17) is 15.3 Å². The van der Waals surface area contributed by atoms with Crippen LogP contribution in [0.4, 0.5) is 0 Å². The van der Waals surface area contributed by atoms with E-state index in [0.717, 1.165) is 19.3 Å². The Morgan fingerprint density at radius 3 is 2.55 bits per heavy atom. The molecule has 1 unspecified atom stereocenters. The highest BCUT2D eigenvalue weighted by atomic mass is 16.4. The molecule has 0 aliphatic rings. The third kappa shape index (κ3) is 5.90. The van der Waals surface area contributed by atoms with Gasteiger partial charge >= 0.3 is 7.12 Å². The van der Waals surface area contributed by atoms with E-state index in [0.29, 0.717) is 6.42 Å². The number of nitriles is 1. The van der Waals surface area contributed by atoms with Gasteiger partial charge < -0.3 is 10.0 Å². The molecule has 0 spiro atoms. The lowest BCUT2D eigenvalue weighted by Gasteiger charge is -2.07. The number of rotatable bonds is 5. The van der Waals surface area contributed by atoms with E-state index in [2.05, 4.69) is 0 Å². The number of nitrogens with zero attached hydrogens (tertiary/aromatic N) is 1. The van der Waals surface area contributed by atoms with Gasteiger partial charge in [0.25, 0.3) is 0 Å². The molecule has 0 aliphatic heterocycles. The van der Waals surface area contributed by atoms with Crippen molar-refractivity contribution in [3.05, 3.63) is 0 Å². The van der Waals surface area contributed by atoms with Crippen LogP contribution in [0.1, 0.15) is 32.6 Å². The van der Waals surface area contributed by atoms with Gasteiger partial charge in [0.05, 0.1) is 6.07 Å². The fraction of sp³-hybridized carbons (Fsp3) is 0.857. The molecule has 0 saturated carbocycles. The smallest absolute Gasteiger partial charge is 0.427 e. The summed E-state index contributed by atoms with van der Waals surface area (Å²) < 4.78 is 0. The summed E-state index contributed by atoms with van der Waals surface area (Å²) >= 11 is 0. The van der Waals surface area contributed by atoms with E-state index in [1.807, 2.05) is 6.07 Å². The van der Waals surface area contributed by atoms with Gasteiger partial charge in [0.15, 0.2) is 0 Å². The molecule has 0 bridgehead atoms. The summed E-state index contributed by atoms with van der Waals surface area (Å²) in [7, 11) is -1.21. The van der Waals surface area contributed by atoms with Crippen molar-refractivity contribution in [3.8, 4) is 6.07 Å². The molecule has 0 amide bonds. The average molecular weight is 155 g/mol. The predicted molar refractivity (Wildman–Crippen MR) is 43.7 cm³/mol. The first-order chi connectivity index (χ1) is 5.18. The maximum absolute atomic E-state index is 8.67. The summed E-state index contributed by atoms with van der Waals surface area (Å²) in [5.74, 6) is -0.0753. The monoisotopic (exact) mass is 155 g/mol. The largest absolute Gasteiger partial charge is 0.454 e. The molecule has 0 aromatic rings. The molecule has 2 N–H and O–H groups in total. The first-order valence-electron chi connectivity index (χ1n) is 3.91. The minimum absolute atomic E-state index is 0.0753. The summed E-state index contributed by atoms with van der Waals surface area (Å²) in [6.07, 6.45) is 3.09. The van der Waals surface area contributed by atoms with E-state index in [1.165, 1.54) is 0 Å². The zero-order valence-electron chi connectivity index (χ0n) is 6.82.